The van der Waals surface area contributed by atoms with Crippen LogP contribution in [0, 0.1) is 0 Å². The van der Waals surface area contributed by atoms with Crippen molar-refractivity contribution >= 4 is 21.8 Å². The predicted octanol–water partition coefficient (Wildman–Crippen LogP) is 0.510. The average Bonchev–Trinajstić information content (AvgIpc) is 2.42. The Bertz CT molecular complexity index is 492. The summed E-state index contributed by atoms with van der Waals surface area (Å²) in [5, 5.41) is 5.17. The van der Waals surface area contributed by atoms with Gasteiger partial charge in [0.1, 0.15) is 15.9 Å². The molecule has 1 fully saturated rings. The third kappa shape index (κ3) is 6.64. The molecule has 1 aliphatic rings. The van der Waals surface area contributed by atoms with Crippen LogP contribution >= 0.6 is 0 Å². The Morgan fingerprint density at radius 3 is 2.59 bits per heavy atom. The molecule has 0 bridgehead atoms. The van der Waals surface area contributed by atoms with Gasteiger partial charge in [-0.1, -0.05) is 0 Å². The van der Waals surface area contributed by atoms with Gasteiger partial charge in [-0.05, 0) is 39.5 Å². The first-order valence-corrected chi connectivity index (χ1v) is 9.79. The lowest BCUT2D eigenvalue weighted by Crippen LogP contribution is -2.53. The van der Waals surface area contributed by atoms with Crippen LogP contribution in [0.2, 0.25) is 0 Å². The van der Waals surface area contributed by atoms with Gasteiger partial charge in [0.25, 0.3) is 0 Å². The van der Waals surface area contributed by atoms with Crippen LogP contribution in [0.4, 0.5) is 4.79 Å². The van der Waals surface area contributed by atoms with Gasteiger partial charge in [-0.25, -0.2) is 13.2 Å². The minimum atomic E-state index is -3.01. The molecule has 0 unspecified atom stereocenters. The molecule has 0 aromatic rings. The van der Waals surface area contributed by atoms with E-state index in [1.807, 2.05) is 11.8 Å². The van der Waals surface area contributed by atoms with Gasteiger partial charge in [-0.2, -0.15) is 0 Å². The monoisotopic (exact) mass is 333 g/mol. The van der Waals surface area contributed by atoms with Gasteiger partial charge >= 0.3 is 6.03 Å². The van der Waals surface area contributed by atoms with Crippen LogP contribution in [-0.2, 0) is 14.6 Å². The topological polar surface area (TPSA) is 95.6 Å². The van der Waals surface area contributed by atoms with Crippen molar-refractivity contribution in [3.63, 3.8) is 0 Å². The SMILES string of the molecule is C[C@@H]1CCCCN1C(=O)[C@@H](C)NC(=O)NCCCS(C)(=O)=O. The number of hydrogen-bond acceptors (Lipinski definition) is 4. The predicted molar refractivity (Wildman–Crippen MR) is 85.4 cm³/mol. The Balaban J connectivity index is 2.32. The van der Waals surface area contributed by atoms with Gasteiger partial charge in [0.2, 0.25) is 5.91 Å². The Morgan fingerprint density at radius 2 is 2.00 bits per heavy atom. The summed E-state index contributed by atoms with van der Waals surface area (Å²) in [6.07, 6.45) is 4.65. The summed E-state index contributed by atoms with van der Waals surface area (Å²) in [7, 11) is -3.01. The van der Waals surface area contributed by atoms with E-state index in [1.54, 1.807) is 6.92 Å². The van der Waals surface area contributed by atoms with Gasteiger partial charge in [0, 0.05) is 25.4 Å². The summed E-state index contributed by atoms with van der Waals surface area (Å²) in [4.78, 5) is 25.8. The molecule has 0 aliphatic carbocycles. The maximum absolute atomic E-state index is 12.3. The first-order valence-electron chi connectivity index (χ1n) is 7.73. The fourth-order valence-electron chi connectivity index (χ4n) is 2.52. The molecular formula is C14H27N3O4S. The number of carbonyl (C=O) groups excluding carboxylic acids is 2. The van der Waals surface area contributed by atoms with Crippen LogP contribution in [0.25, 0.3) is 0 Å². The number of urea groups is 1. The fraction of sp³-hybridized carbons (Fsp3) is 0.857. The highest BCUT2D eigenvalue weighted by atomic mass is 32.2. The molecular weight excluding hydrogens is 306 g/mol. The first kappa shape index (κ1) is 18.7. The van der Waals surface area contributed by atoms with Crippen LogP contribution < -0.4 is 10.6 Å². The number of nitrogens with one attached hydrogen (secondary N) is 2. The zero-order valence-electron chi connectivity index (χ0n) is 13.6. The number of carbonyl (C=O) groups is 2. The van der Waals surface area contributed by atoms with E-state index in [2.05, 4.69) is 10.6 Å². The molecule has 1 heterocycles. The molecule has 1 aliphatic heterocycles. The molecule has 0 saturated carbocycles. The quantitative estimate of drug-likeness (QED) is 0.692. The van der Waals surface area contributed by atoms with Gasteiger partial charge in [-0.15, -0.1) is 0 Å². The van der Waals surface area contributed by atoms with Gasteiger partial charge in [0.05, 0.1) is 5.75 Å². The van der Waals surface area contributed by atoms with Crippen molar-refractivity contribution in [3.8, 4) is 0 Å². The lowest BCUT2D eigenvalue weighted by Gasteiger charge is -2.35. The number of rotatable bonds is 6. The van der Waals surface area contributed by atoms with E-state index in [0.717, 1.165) is 32.1 Å². The second-order valence-corrected chi connectivity index (χ2v) is 8.24. The van der Waals surface area contributed by atoms with E-state index >= 15 is 0 Å². The minimum Gasteiger partial charge on any atom is -0.338 e. The Hall–Kier alpha value is -1.31. The molecule has 0 aromatic carbocycles. The van der Waals surface area contributed by atoms with E-state index in [-0.39, 0.29) is 24.2 Å². The van der Waals surface area contributed by atoms with Crippen LogP contribution in [-0.4, -0.2) is 62.4 Å². The van der Waals surface area contributed by atoms with Crippen LogP contribution in [0.15, 0.2) is 0 Å². The number of likely N-dealkylation sites (tertiary alicyclic amines) is 1. The molecule has 2 atom stereocenters. The number of amides is 3. The van der Waals surface area contributed by atoms with Gasteiger partial charge < -0.3 is 15.5 Å². The summed E-state index contributed by atoms with van der Waals surface area (Å²) in [6.45, 7) is 4.69. The van der Waals surface area contributed by atoms with Crippen molar-refractivity contribution in [1.29, 1.82) is 0 Å². The highest BCUT2D eigenvalue weighted by molar-refractivity contribution is 7.90. The molecule has 2 N–H and O–H groups in total. The zero-order valence-corrected chi connectivity index (χ0v) is 14.4. The second-order valence-electron chi connectivity index (χ2n) is 5.98. The molecule has 1 rings (SSSR count). The molecule has 128 valence electrons. The summed E-state index contributed by atoms with van der Waals surface area (Å²) < 4.78 is 21.9. The van der Waals surface area contributed by atoms with Crippen molar-refractivity contribution in [2.75, 3.05) is 25.1 Å². The number of sulfone groups is 1. The number of piperidine rings is 1. The van der Waals surface area contributed by atoms with Crippen molar-refractivity contribution in [2.24, 2.45) is 0 Å². The van der Waals surface area contributed by atoms with Crippen molar-refractivity contribution in [3.05, 3.63) is 0 Å². The largest absolute Gasteiger partial charge is 0.338 e. The Morgan fingerprint density at radius 1 is 1.32 bits per heavy atom. The standard InChI is InChI=1S/C14H27N3O4S/c1-11-7-4-5-9-17(11)13(18)12(2)16-14(19)15-8-6-10-22(3,20)21/h11-12H,4-10H2,1-3H3,(H2,15,16,19)/t11-,12-/m1/s1. The van der Waals surface area contributed by atoms with Crippen LogP contribution in [0.5, 0.6) is 0 Å². The first-order chi connectivity index (χ1) is 10.2. The van der Waals surface area contributed by atoms with Gasteiger partial charge in [0.15, 0.2) is 0 Å². The molecule has 0 aromatic heterocycles. The summed E-state index contributed by atoms with van der Waals surface area (Å²) in [5.74, 6) is -0.0361. The van der Waals surface area contributed by atoms with E-state index in [0.29, 0.717) is 6.42 Å². The Labute approximate surface area is 132 Å². The lowest BCUT2D eigenvalue weighted by atomic mass is 10.0. The molecule has 3 amide bonds. The summed E-state index contributed by atoms with van der Waals surface area (Å²) >= 11 is 0. The molecule has 0 radical (unpaired) electrons. The second kappa shape index (κ2) is 8.36. The molecule has 22 heavy (non-hydrogen) atoms. The maximum atomic E-state index is 12.3. The van der Waals surface area contributed by atoms with E-state index < -0.39 is 21.9 Å². The van der Waals surface area contributed by atoms with E-state index in [1.165, 1.54) is 0 Å². The zero-order chi connectivity index (χ0) is 16.8. The van der Waals surface area contributed by atoms with E-state index in [4.69, 9.17) is 0 Å². The average molecular weight is 333 g/mol. The molecule has 0 spiro atoms. The Kier molecular flexibility index (Phi) is 7.12. The van der Waals surface area contributed by atoms with Crippen molar-refractivity contribution < 1.29 is 18.0 Å². The molecule has 7 nitrogen and oxygen atoms in total. The summed E-state index contributed by atoms with van der Waals surface area (Å²) in [5.41, 5.74) is 0. The molecule has 1 saturated heterocycles. The smallest absolute Gasteiger partial charge is 0.315 e. The fourth-order valence-corrected chi connectivity index (χ4v) is 3.19. The minimum absolute atomic E-state index is 0.0348. The van der Waals surface area contributed by atoms with Crippen molar-refractivity contribution in [1.82, 2.24) is 15.5 Å². The molecule has 8 heteroatoms. The van der Waals surface area contributed by atoms with E-state index in [9.17, 15) is 18.0 Å². The maximum Gasteiger partial charge on any atom is 0.315 e. The third-order valence-electron chi connectivity index (χ3n) is 3.78. The van der Waals surface area contributed by atoms with Crippen LogP contribution in [0.1, 0.15) is 39.5 Å². The lowest BCUT2D eigenvalue weighted by molar-refractivity contribution is -0.136. The van der Waals surface area contributed by atoms with Gasteiger partial charge in [-0.3, -0.25) is 4.79 Å². The summed E-state index contributed by atoms with van der Waals surface area (Å²) in [6, 6.07) is -0.821. The highest BCUT2D eigenvalue weighted by Gasteiger charge is 2.27. The highest BCUT2D eigenvalue weighted by Crippen LogP contribution is 2.17. The normalized spacial score (nSPS) is 20.3. The third-order valence-corrected chi connectivity index (χ3v) is 4.81. The van der Waals surface area contributed by atoms with Crippen molar-refractivity contribution in [2.45, 2.75) is 51.6 Å². The number of nitrogens with zero attached hydrogens (tertiary/aromatic N) is 1. The number of hydrogen-bond donors (Lipinski definition) is 2. The van der Waals surface area contributed by atoms with Crippen LogP contribution in [0.3, 0.4) is 0 Å².